The summed E-state index contributed by atoms with van der Waals surface area (Å²) in [6, 6.07) is 26.6. The lowest BCUT2D eigenvalue weighted by Gasteiger charge is -2.36. The normalized spacial score (nSPS) is 11.5. The molecular weight excluding hydrogens is 348 g/mol. The SMILES string of the molecule is COc1ccc(C(OCC(C)C)(c2ccccc2)c2ccc(OC)cc2)cc1. The van der Waals surface area contributed by atoms with Gasteiger partial charge in [0.1, 0.15) is 17.1 Å². The van der Waals surface area contributed by atoms with Gasteiger partial charge < -0.3 is 14.2 Å². The number of hydrogen-bond donors (Lipinski definition) is 0. The van der Waals surface area contributed by atoms with E-state index in [4.69, 9.17) is 14.2 Å². The fourth-order valence-corrected chi connectivity index (χ4v) is 3.37. The van der Waals surface area contributed by atoms with Gasteiger partial charge in [-0.25, -0.2) is 0 Å². The third-order valence-corrected chi connectivity index (χ3v) is 4.81. The van der Waals surface area contributed by atoms with Crippen LogP contribution in [0.3, 0.4) is 0 Å². The molecule has 3 aromatic rings. The maximum atomic E-state index is 6.71. The Morgan fingerprint density at radius 3 is 1.46 bits per heavy atom. The second-order valence-corrected chi connectivity index (χ2v) is 7.21. The Kier molecular flexibility index (Phi) is 6.37. The largest absolute Gasteiger partial charge is 0.497 e. The monoisotopic (exact) mass is 376 g/mol. The van der Waals surface area contributed by atoms with E-state index in [1.165, 1.54) is 0 Å². The Hall–Kier alpha value is -2.78. The summed E-state index contributed by atoms with van der Waals surface area (Å²) in [6.45, 7) is 4.96. The molecule has 0 atom stereocenters. The van der Waals surface area contributed by atoms with E-state index < -0.39 is 5.60 Å². The highest BCUT2D eigenvalue weighted by atomic mass is 16.5. The third kappa shape index (κ3) is 4.05. The van der Waals surface area contributed by atoms with Crippen molar-refractivity contribution in [2.75, 3.05) is 20.8 Å². The second kappa shape index (κ2) is 8.94. The highest BCUT2D eigenvalue weighted by Crippen LogP contribution is 2.41. The van der Waals surface area contributed by atoms with Gasteiger partial charge in [0.25, 0.3) is 0 Å². The molecule has 3 heteroatoms. The van der Waals surface area contributed by atoms with Crippen molar-refractivity contribution in [1.82, 2.24) is 0 Å². The van der Waals surface area contributed by atoms with Crippen molar-refractivity contribution < 1.29 is 14.2 Å². The zero-order valence-electron chi connectivity index (χ0n) is 17.0. The minimum atomic E-state index is -0.718. The molecule has 0 bridgehead atoms. The molecule has 0 N–H and O–H groups in total. The summed E-state index contributed by atoms with van der Waals surface area (Å²) in [5.74, 6) is 2.05. The van der Waals surface area contributed by atoms with Gasteiger partial charge in [0.05, 0.1) is 20.8 Å². The van der Waals surface area contributed by atoms with Gasteiger partial charge in [-0.2, -0.15) is 0 Å². The van der Waals surface area contributed by atoms with Crippen LogP contribution in [0.1, 0.15) is 30.5 Å². The number of rotatable bonds is 8. The Morgan fingerprint density at radius 2 is 1.07 bits per heavy atom. The first-order chi connectivity index (χ1) is 13.6. The summed E-state index contributed by atoms with van der Waals surface area (Å²) in [7, 11) is 3.36. The van der Waals surface area contributed by atoms with Crippen LogP contribution in [0.4, 0.5) is 0 Å². The molecule has 0 aromatic heterocycles. The standard InChI is InChI=1S/C25H28O3/c1-19(2)18-28-25(20-8-6-5-7-9-20,21-10-14-23(26-3)15-11-21)22-12-16-24(27-4)17-13-22/h5-17,19H,18H2,1-4H3. The molecule has 0 saturated heterocycles. The predicted molar refractivity (Wildman–Crippen MR) is 113 cm³/mol. The molecule has 0 aliphatic rings. The van der Waals surface area contributed by atoms with E-state index in [9.17, 15) is 0 Å². The van der Waals surface area contributed by atoms with E-state index >= 15 is 0 Å². The second-order valence-electron chi connectivity index (χ2n) is 7.21. The van der Waals surface area contributed by atoms with Crippen molar-refractivity contribution in [3.8, 4) is 11.5 Å². The van der Waals surface area contributed by atoms with Crippen molar-refractivity contribution in [1.29, 1.82) is 0 Å². The predicted octanol–water partition coefficient (Wildman–Crippen LogP) is 5.67. The molecule has 0 heterocycles. The van der Waals surface area contributed by atoms with Crippen LogP contribution < -0.4 is 9.47 Å². The molecule has 0 aliphatic heterocycles. The van der Waals surface area contributed by atoms with Crippen molar-refractivity contribution in [2.24, 2.45) is 5.92 Å². The average molecular weight is 376 g/mol. The Labute approximate surface area is 167 Å². The molecule has 3 nitrogen and oxygen atoms in total. The van der Waals surface area contributed by atoms with Crippen LogP contribution in [0, 0.1) is 5.92 Å². The zero-order valence-corrected chi connectivity index (χ0v) is 17.0. The summed E-state index contributed by atoms with van der Waals surface area (Å²) in [4.78, 5) is 0. The van der Waals surface area contributed by atoms with Crippen LogP contribution in [-0.2, 0) is 10.3 Å². The topological polar surface area (TPSA) is 27.7 Å². The summed E-state index contributed by atoms with van der Waals surface area (Å²) >= 11 is 0. The van der Waals surface area contributed by atoms with Gasteiger partial charge in [-0.15, -0.1) is 0 Å². The van der Waals surface area contributed by atoms with E-state index in [2.05, 4.69) is 62.4 Å². The average Bonchev–Trinajstić information content (AvgIpc) is 2.75. The maximum Gasteiger partial charge on any atom is 0.143 e. The van der Waals surface area contributed by atoms with Gasteiger partial charge in [-0.1, -0.05) is 68.4 Å². The summed E-state index contributed by atoms with van der Waals surface area (Å²) in [6.07, 6.45) is 0. The fraction of sp³-hybridized carbons (Fsp3) is 0.280. The highest BCUT2D eigenvalue weighted by molar-refractivity contribution is 5.49. The lowest BCUT2D eigenvalue weighted by atomic mass is 9.80. The number of methoxy groups -OCH3 is 2. The van der Waals surface area contributed by atoms with Crippen LogP contribution in [0.25, 0.3) is 0 Å². The quantitative estimate of drug-likeness (QED) is 0.474. The Bertz CT molecular complexity index is 805. The summed E-state index contributed by atoms with van der Waals surface area (Å²) < 4.78 is 17.4. The molecule has 0 aliphatic carbocycles. The van der Waals surface area contributed by atoms with Crippen molar-refractivity contribution >= 4 is 0 Å². The van der Waals surface area contributed by atoms with Gasteiger partial charge in [0.2, 0.25) is 0 Å². The van der Waals surface area contributed by atoms with Gasteiger partial charge in [0.15, 0.2) is 0 Å². The summed E-state index contributed by atoms with van der Waals surface area (Å²) in [5, 5.41) is 0. The minimum Gasteiger partial charge on any atom is -0.497 e. The Morgan fingerprint density at radius 1 is 0.643 bits per heavy atom. The van der Waals surface area contributed by atoms with Gasteiger partial charge in [-0.05, 0) is 46.9 Å². The van der Waals surface area contributed by atoms with Gasteiger partial charge in [0, 0.05) is 0 Å². The fourth-order valence-electron chi connectivity index (χ4n) is 3.37. The number of hydrogen-bond acceptors (Lipinski definition) is 3. The number of benzene rings is 3. The minimum absolute atomic E-state index is 0.402. The molecule has 0 fully saturated rings. The maximum absolute atomic E-state index is 6.71. The van der Waals surface area contributed by atoms with Crippen LogP contribution in [0.15, 0.2) is 78.9 Å². The van der Waals surface area contributed by atoms with Crippen LogP contribution >= 0.6 is 0 Å². The summed E-state index contributed by atoms with van der Waals surface area (Å²) in [5.41, 5.74) is 2.49. The van der Waals surface area contributed by atoms with Gasteiger partial charge >= 0.3 is 0 Å². The van der Waals surface area contributed by atoms with E-state index in [1.807, 2.05) is 30.3 Å². The molecule has 0 radical (unpaired) electrons. The van der Waals surface area contributed by atoms with Crippen molar-refractivity contribution in [3.63, 3.8) is 0 Å². The lowest BCUT2D eigenvalue weighted by molar-refractivity contribution is -0.00237. The molecule has 3 rings (SSSR count). The third-order valence-electron chi connectivity index (χ3n) is 4.81. The molecule has 0 amide bonds. The molecular formula is C25H28O3. The zero-order chi connectivity index (χ0) is 20.0. The van der Waals surface area contributed by atoms with Crippen molar-refractivity contribution in [2.45, 2.75) is 19.4 Å². The van der Waals surface area contributed by atoms with Crippen molar-refractivity contribution in [3.05, 3.63) is 95.6 Å². The van der Waals surface area contributed by atoms with E-state index in [0.29, 0.717) is 12.5 Å². The van der Waals surface area contributed by atoms with E-state index in [-0.39, 0.29) is 0 Å². The van der Waals surface area contributed by atoms with E-state index in [0.717, 1.165) is 28.2 Å². The molecule has 0 saturated carbocycles. The molecule has 0 spiro atoms. The molecule has 3 aromatic carbocycles. The van der Waals surface area contributed by atoms with Crippen LogP contribution in [-0.4, -0.2) is 20.8 Å². The Balaban J connectivity index is 2.23. The first-order valence-corrected chi connectivity index (χ1v) is 9.58. The van der Waals surface area contributed by atoms with E-state index in [1.54, 1.807) is 14.2 Å². The van der Waals surface area contributed by atoms with Crippen LogP contribution in [0.2, 0.25) is 0 Å². The van der Waals surface area contributed by atoms with Gasteiger partial charge in [-0.3, -0.25) is 0 Å². The first-order valence-electron chi connectivity index (χ1n) is 9.58. The highest BCUT2D eigenvalue weighted by Gasteiger charge is 2.37. The van der Waals surface area contributed by atoms with Crippen LogP contribution in [0.5, 0.6) is 11.5 Å². The smallest absolute Gasteiger partial charge is 0.143 e. The molecule has 0 unspecified atom stereocenters. The molecule has 146 valence electrons. The first kappa shape index (κ1) is 20.0. The lowest BCUT2D eigenvalue weighted by Crippen LogP contribution is -2.34. The number of ether oxygens (including phenoxy) is 3. The molecule has 28 heavy (non-hydrogen) atoms.